The summed E-state index contributed by atoms with van der Waals surface area (Å²) in [6, 6.07) is 0.489. The first-order valence-corrected chi connectivity index (χ1v) is 5.80. The summed E-state index contributed by atoms with van der Waals surface area (Å²) in [5, 5.41) is 0. The van der Waals surface area contributed by atoms with Gasteiger partial charge in [0.2, 0.25) is 0 Å². The molecule has 2 rings (SSSR count). The third-order valence-electron chi connectivity index (χ3n) is 2.92. The minimum absolute atomic E-state index is 0.158. The highest BCUT2D eigenvalue weighted by Crippen LogP contribution is 2.33. The summed E-state index contributed by atoms with van der Waals surface area (Å²) in [5.41, 5.74) is 5.57. The molecule has 1 aromatic heterocycles. The van der Waals surface area contributed by atoms with Crippen LogP contribution in [0.2, 0.25) is 0 Å². The van der Waals surface area contributed by atoms with E-state index in [1.165, 1.54) is 0 Å². The lowest BCUT2D eigenvalue weighted by Gasteiger charge is -2.01. The molecule has 0 amide bonds. The lowest BCUT2D eigenvalue weighted by atomic mass is 10.2. The lowest BCUT2D eigenvalue weighted by Crippen LogP contribution is -2.23. The average molecular weight is 209 g/mol. The van der Waals surface area contributed by atoms with Gasteiger partial charge in [0.1, 0.15) is 0 Å². The van der Waals surface area contributed by atoms with Gasteiger partial charge in [-0.15, -0.1) is 0 Å². The van der Waals surface area contributed by atoms with E-state index in [1.807, 2.05) is 21.5 Å². The fourth-order valence-electron chi connectivity index (χ4n) is 1.83. The maximum absolute atomic E-state index is 11.8. The summed E-state index contributed by atoms with van der Waals surface area (Å²) in [7, 11) is 0. The van der Waals surface area contributed by atoms with Crippen LogP contribution >= 0.6 is 0 Å². The van der Waals surface area contributed by atoms with Gasteiger partial charge in [-0.1, -0.05) is 6.42 Å². The molecule has 4 heteroatoms. The normalized spacial score (nSPS) is 15.8. The second-order valence-electron chi connectivity index (χ2n) is 4.26. The van der Waals surface area contributed by atoms with Crippen molar-refractivity contribution in [2.45, 2.75) is 44.7 Å². The Kier molecular flexibility index (Phi) is 3.26. The molecule has 0 unspecified atom stereocenters. The molecule has 0 spiro atoms. The number of hydrogen-bond donors (Lipinski definition) is 1. The number of hydrogen-bond acceptors (Lipinski definition) is 2. The molecule has 1 aromatic rings. The molecule has 1 saturated carbocycles. The van der Waals surface area contributed by atoms with Crippen molar-refractivity contribution in [2.75, 3.05) is 6.54 Å². The van der Waals surface area contributed by atoms with Gasteiger partial charge in [0.15, 0.2) is 0 Å². The molecule has 0 saturated heterocycles. The van der Waals surface area contributed by atoms with Crippen molar-refractivity contribution in [3.05, 3.63) is 22.9 Å². The molecular weight excluding hydrogens is 190 g/mol. The van der Waals surface area contributed by atoms with Crippen LogP contribution in [0, 0.1) is 0 Å². The Hall–Kier alpha value is -1.03. The van der Waals surface area contributed by atoms with E-state index in [1.54, 1.807) is 0 Å². The number of nitrogens with zero attached hydrogens (tertiary/aromatic N) is 2. The zero-order valence-electron chi connectivity index (χ0n) is 9.06. The topological polar surface area (TPSA) is 52.9 Å². The van der Waals surface area contributed by atoms with E-state index >= 15 is 0 Å². The Bertz CT molecular complexity index is 362. The third kappa shape index (κ3) is 2.50. The van der Waals surface area contributed by atoms with Gasteiger partial charge < -0.3 is 5.73 Å². The Balaban J connectivity index is 1.88. The van der Waals surface area contributed by atoms with Crippen molar-refractivity contribution in [1.82, 2.24) is 9.13 Å². The minimum Gasteiger partial charge on any atom is -0.330 e. The molecule has 4 nitrogen and oxygen atoms in total. The van der Waals surface area contributed by atoms with E-state index in [0.717, 1.165) is 45.2 Å². The van der Waals surface area contributed by atoms with Crippen molar-refractivity contribution < 1.29 is 0 Å². The number of nitrogens with two attached hydrogens (primary N) is 1. The molecule has 0 bridgehead atoms. The van der Waals surface area contributed by atoms with Gasteiger partial charge in [0, 0.05) is 25.0 Å². The molecule has 2 N–H and O–H groups in total. The molecule has 1 aliphatic carbocycles. The molecule has 0 aromatic carbocycles. The van der Waals surface area contributed by atoms with Gasteiger partial charge in [-0.25, -0.2) is 4.79 Å². The first-order chi connectivity index (χ1) is 7.33. The molecular formula is C11H19N3O. The number of rotatable bonds is 6. The molecule has 15 heavy (non-hydrogen) atoms. The Morgan fingerprint density at radius 1 is 1.27 bits per heavy atom. The number of aryl methyl sites for hydroxylation is 1. The summed E-state index contributed by atoms with van der Waals surface area (Å²) < 4.78 is 3.68. The van der Waals surface area contributed by atoms with Crippen molar-refractivity contribution in [3.8, 4) is 0 Å². The monoisotopic (exact) mass is 209 g/mol. The molecule has 0 radical (unpaired) electrons. The third-order valence-corrected chi connectivity index (χ3v) is 2.92. The molecule has 1 heterocycles. The van der Waals surface area contributed by atoms with Gasteiger partial charge >= 0.3 is 5.69 Å². The number of aromatic nitrogens is 2. The smallest absolute Gasteiger partial charge is 0.328 e. The molecule has 0 atom stereocenters. The van der Waals surface area contributed by atoms with Crippen LogP contribution in [0.15, 0.2) is 17.2 Å². The van der Waals surface area contributed by atoms with Crippen LogP contribution < -0.4 is 11.4 Å². The van der Waals surface area contributed by atoms with E-state index in [2.05, 4.69) is 0 Å². The van der Waals surface area contributed by atoms with Gasteiger partial charge in [0.05, 0.1) is 0 Å². The van der Waals surface area contributed by atoms with Gasteiger partial charge in [-0.3, -0.25) is 9.13 Å². The summed E-state index contributed by atoms with van der Waals surface area (Å²) in [6.45, 7) is 1.58. The van der Waals surface area contributed by atoms with Crippen LogP contribution in [0.5, 0.6) is 0 Å². The minimum atomic E-state index is 0.158. The zero-order valence-corrected chi connectivity index (χ0v) is 9.06. The molecule has 0 aliphatic heterocycles. The second kappa shape index (κ2) is 4.66. The van der Waals surface area contributed by atoms with Crippen molar-refractivity contribution in [1.29, 1.82) is 0 Å². The van der Waals surface area contributed by atoms with Crippen molar-refractivity contribution in [3.63, 3.8) is 0 Å². The summed E-state index contributed by atoms with van der Waals surface area (Å²) in [6.07, 6.45) is 9.36. The van der Waals surface area contributed by atoms with Crippen LogP contribution in [-0.4, -0.2) is 15.7 Å². The predicted molar refractivity (Wildman–Crippen MR) is 59.9 cm³/mol. The van der Waals surface area contributed by atoms with Crippen LogP contribution in [0.1, 0.15) is 38.1 Å². The Morgan fingerprint density at radius 2 is 2.07 bits per heavy atom. The quantitative estimate of drug-likeness (QED) is 0.714. The fraction of sp³-hybridized carbons (Fsp3) is 0.727. The van der Waals surface area contributed by atoms with E-state index in [4.69, 9.17) is 5.73 Å². The first kappa shape index (κ1) is 10.5. The molecule has 1 aliphatic rings. The van der Waals surface area contributed by atoms with E-state index in [-0.39, 0.29) is 5.69 Å². The second-order valence-corrected chi connectivity index (χ2v) is 4.26. The maximum Gasteiger partial charge on any atom is 0.328 e. The Labute approximate surface area is 89.7 Å². The van der Waals surface area contributed by atoms with Gasteiger partial charge in [0.25, 0.3) is 0 Å². The van der Waals surface area contributed by atoms with Crippen molar-refractivity contribution in [2.24, 2.45) is 5.73 Å². The van der Waals surface area contributed by atoms with E-state index in [0.29, 0.717) is 6.04 Å². The largest absolute Gasteiger partial charge is 0.330 e. The number of unbranched alkanes of at least 4 members (excludes halogenated alkanes) is 2. The highest BCUT2D eigenvalue weighted by molar-refractivity contribution is 4.91. The molecule has 84 valence electrons. The predicted octanol–water partition coefficient (Wildman–Crippen LogP) is 1.11. The van der Waals surface area contributed by atoms with Crippen LogP contribution in [-0.2, 0) is 6.54 Å². The standard InChI is InChI=1S/C11H19N3O/c12-6-2-1-3-7-13-8-9-14(11(13)15)10-4-5-10/h8-10H,1-7,12H2. The summed E-state index contributed by atoms with van der Waals surface area (Å²) >= 11 is 0. The maximum atomic E-state index is 11.8. The molecule has 1 fully saturated rings. The van der Waals surface area contributed by atoms with Crippen LogP contribution in [0.4, 0.5) is 0 Å². The first-order valence-electron chi connectivity index (χ1n) is 5.80. The highest BCUT2D eigenvalue weighted by Gasteiger charge is 2.25. The summed E-state index contributed by atoms with van der Waals surface area (Å²) in [5.74, 6) is 0. The summed E-state index contributed by atoms with van der Waals surface area (Å²) in [4.78, 5) is 11.8. The fourth-order valence-corrected chi connectivity index (χ4v) is 1.83. The van der Waals surface area contributed by atoms with Gasteiger partial charge in [-0.2, -0.15) is 0 Å². The van der Waals surface area contributed by atoms with Gasteiger partial charge in [-0.05, 0) is 32.2 Å². The van der Waals surface area contributed by atoms with Crippen LogP contribution in [0.3, 0.4) is 0 Å². The van der Waals surface area contributed by atoms with Crippen LogP contribution in [0.25, 0.3) is 0 Å². The Morgan fingerprint density at radius 3 is 2.73 bits per heavy atom. The van der Waals surface area contributed by atoms with E-state index < -0.39 is 0 Å². The number of imidazole rings is 1. The highest BCUT2D eigenvalue weighted by atomic mass is 16.1. The van der Waals surface area contributed by atoms with E-state index in [9.17, 15) is 4.79 Å². The lowest BCUT2D eigenvalue weighted by molar-refractivity contribution is 0.562. The SMILES string of the molecule is NCCCCCn1ccn(C2CC2)c1=O. The van der Waals surface area contributed by atoms with Crippen molar-refractivity contribution >= 4 is 0 Å². The average Bonchev–Trinajstić information content (AvgIpc) is 3.00. The zero-order chi connectivity index (χ0) is 10.7.